The summed E-state index contributed by atoms with van der Waals surface area (Å²) in [7, 11) is 1.70. The Hall–Kier alpha value is -0.410. The smallest absolute Gasteiger partial charge is 0.104 e. The fourth-order valence-corrected chi connectivity index (χ4v) is 1.37. The van der Waals surface area contributed by atoms with Gasteiger partial charge in [0.2, 0.25) is 0 Å². The van der Waals surface area contributed by atoms with Crippen LogP contribution >= 0.6 is 15.9 Å². The van der Waals surface area contributed by atoms with E-state index in [9.17, 15) is 0 Å². The molecule has 0 radical (unpaired) electrons. The Morgan fingerprint density at radius 3 is 2.57 bits per heavy atom. The molecule has 0 aliphatic rings. The molecule has 78 valence electrons. The lowest BCUT2D eigenvalue weighted by Crippen LogP contribution is -2.21. The molecule has 0 saturated carbocycles. The molecule has 0 fully saturated rings. The summed E-state index contributed by atoms with van der Waals surface area (Å²) in [6.07, 6.45) is 0. The van der Waals surface area contributed by atoms with E-state index in [0.717, 1.165) is 11.4 Å². The number of ether oxygens (including phenoxy) is 1. The van der Waals surface area contributed by atoms with E-state index in [-0.39, 0.29) is 10.4 Å². The third-order valence-corrected chi connectivity index (χ3v) is 2.77. The number of hydrogen-bond acceptors (Lipinski definition) is 2. The van der Waals surface area contributed by atoms with Crippen molar-refractivity contribution in [1.82, 2.24) is 4.98 Å². The van der Waals surface area contributed by atoms with E-state index in [1.807, 2.05) is 32.0 Å². The number of rotatable bonds is 3. The lowest BCUT2D eigenvalue weighted by atomic mass is 10.0. The van der Waals surface area contributed by atoms with Crippen molar-refractivity contribution in [2.75, 3.05) is 7.11 Å². The van der Waals surface area contributed by atoms with Crippen molar-refractivity contribution in [3.63, 3.8) is 0 Å². The molecule has 0 spiro atoms. The topological polar surface area (TPSA) is 22.1 Å². The minimum Gasteiger partial charge on any atom is -0.373 e. The van der Waals surface area contributed by atoms with Crippen LogP contribution in [0.25, 0.3) is 0 Å². The Bertz CT molecular complexity index is 310. The summed E-state index contributed by atoms with van der Waals surface area (Å²) in [5, 5.41) is 0. The molecule has 3 heteroatoms. The van der Waals surface area contributed by atoms with Gasteiger partial charge in [0, 0.05) is 7.11 Å². The Morgan fingerprint density at radius 1 is 1.43 bits per heavy atom. The largest absolute Gasteiger partial charge is 0.373 e. The van der Waals surface area contributed by atoms with Gasteiger partial charge in [0.25, 0.3) is 0 Å². The van der Waals surface area contributed by atoms with Gasteiger partial charge in [-0.3, -0.25) is 4.98 Å². The maximum atomic E-state index is 5.38. The molecule has 1 aromatic rings. The molecule has 14 heavy (non-hydrogen) atoms. The fraction of sp³-hybridized carbons (Fsp3) is 0.545. The summed E-state index contributed by atoms with van der Waals surface area (Å²) in [6, 6.07) is 6.01. The highest BCUT2D eigenvalue weighted by molar-refractivity contribution is 9.09. The van der Waals surface area contributed by atoms with Crippen molar-refractivity contribution < 1.29 is 4.74 Å². The average molecular weight is 258 g/mol. The van der Waals surface area contributed by atoms with Crippen LogP contribution in [0.4, 0.5) is 0 Å². The van der Waals surface area contributed by atoms with Gasteiger partial charge < -0.3 is 4.74 Å². The standard InChI is InChI=1S/C11H16BrNO/c1-8(12)9-6-5-7-10(13-9)11(2,3)14-4/h5-8H,1-4H3. The maximum absolute atomic E-state index is 5.38. The zero-order valence-electron chi connectivity index (χ0n) is 9.04. The van der Waals surface area contributed by atoms with Gasteiger partial charge in [-0.25, -0.2) is 0 Å². The first-order chi connectivity index (χ1) is 6.47. The number of hydrogen-bond donors (Lipinski definition) is 0. The molecular weight excluding hydrogens is 242 g/mol. The van der Waals surface area contributed by atoms with Gasteiger partial charge in [0.15, 0.2) is 0 Å². The number of halogens is 1. The molecule has 0 N–H and O–H groups in total. The Labute approximate surface area is 93.8 Å². The molecule has 0 aliphatic heterocycles. The van der Waals surface area contributed by atoms with Gasteiger partial charge in [0.05, 0.1) is 16.2 Å². The second kappa shape index (κ2) is 4.41. The molecule has 0 saturated heterocycles. The number of methoxy groups -OCH3 is 1. The van der Waals surface area contributed by atoms with Crippen LogP contribution in [0.1, 0.15) is 37.0 Å². The van der Waals surface area contributed by atoms with E-state index >= 15 is 0 Å². The summed E-state index contributed by atoms with van der Waals surface area (Å²) in [6.45, 7) is 6.09. The molecule has 0 aromatic carbocycles. The lowest BCUT2D eigenvalue weighted by molar-refractivity contribution is 0.0153. The highest BCUT2D eigenvalue weighted by atomic mass is 79.9. The fourth-order valence-electron chi connectivity index (χ4n) is 1.11. The highest BCUT2D eigenvalue weighted by Crippen LogP contribution is 2.25. The van der Waals surface area contributed by atoms with Crippen LogP contribution in [0.2, 0.25) is 0 Å². The van der Waals surface area contributed by atoms with Crippen molar-refractivity contribution in [1.29, 1.82) is 0 Å². The van der Waals surface area contributed by atoms with Gasteiger partial charge in [-0.2, -0.15) is 0 Å². The molecule has 1 heterocycles. The van der Waals surface area contributed by atoms with Crippen LogP contribution in [0.5, 0.6) is 0 Å². The van der Waals surface area contributed by atoms with E-state index in [0.29, 0.717) is 0 Å². The van der Waals surface area contributed by atoms with Crippen molar-refractivity contribution in [3.05, 3.63) is 29.6 Å². The summed E-state index contributed by atoms with van der Waals surface area (Å²) >= 11 is 3.50. The first-order valence-electron chi connectivity index (χ1n) is 4.64. The van der Waals surface area contributed by atoms with E-state index in [4.69, 9.17) is 4.74 Å². The minimum absolute atomic E-state index is 0.273. The van der Waals surface area contributed by atoms with E-state index in [1.54, 1.807) is 7.11 Å². The van der Waals surface area contributed by atoms with Gasteiger partial charge >= 0.3 is 0 Å². The second-order valence-electron chi connectivity index (χ2n) is 3.78. The van der Waals surface area contributed by atoms with E-state index < -0.39 is 0 Å². The third kappa shape index (κ3) is 2.55. The predicted octanol–water partition coefficient (Wildman–Crippen LogP) is 3.42. The first-order valence-corrected chi connectivity index (χ1v) is 5.55. The normalized spacial score (nSPS) is 14.1. The van der Waals surface area contributed by atoms with E-state index in [1.165, 1.54) is 0 Å². The monoisotopic (exact) mass is 257 g/mol. The summed E-state index contributed by atoms with van der Waals surface area (Å²) in [5.41, 5.74) is 1.68. The summed E-state index contributed by atoms with van der Waals surface area (Å²) < 4.78 is 5.38. The first kappa shape index (κ1) is 11.7. The molecule has 0 aliphatic carbocycles. The SMILES string of the molecule is COC(C)(C)c1cccc(C(C)Br)n1. The molecular formula is C11H16BrNO. The van der Waals surface area contributed by atoms with E-state index in [2.05, 4.69) is 27.8 Å². The second-order valence-corrected chi connectivity index (χ2v) is 5.15. The average Bonchev–Trinajstić information content (AvgIpc) is 2.18. The minimum atomic E-state index is -0.322. The van der Waals surface area contributed by atoms with Crippen LogP contribution in [0.15, 0.2) is 18.2 Å². The number of pyridine rings is 1. The van der Waals surface area contributed by atoms with Crippen LogP contribution in [-0.2, 0) is 10.3 Å². The van der Waals surface area contributed by atoms with Crippen molar-refractivity contribution in [3.8, 4) is 0 Å². The predicted molar refractivity (Wildman–Crippen MR) is 61.6 cm³/mol. The zero-order chi connectivity index (χ0) is 10.8. The van der Waals surface area contributed by atoms with Crippen LogP contribution in [-0.4, -0.2) is 12.1 Å². The third-order valence-electron chi connectivity index (χ3n) is 2.31. The molecule has 1 aromatic heterocycles. The zero-order valence-corrected chi connectivity index (χ0v) is 10.6. The molecule has 2 nitrogen and oxygen atoms in total. The number of nitrogens with zero attached hydrogens (tertiary/aromatic N) is 1. The maximum Gasteiger partial charge on any atom is 0.104 e. The molecule has 1 atom stereocenters. The van der Waals surface area contributed by atoms with Crippen LogP contribution in [0, 0.1) is 0 Å². The van der Waals surface area contributed by atoms with Crippen molar-refractivity contribution >= 4 is 15.9 Å². The van der Waals surface area contributed by atoms with Gasteiger partial charge in [-0.05, 0) is 32.9 Å². The number of alkyl halides is 1. The Kier molecular flexibility index (Phi) is 3.67. The summed E-state index contributed by atoms with van der Waals surface area (Å²) in [5.74, 6) is 0. The summed E-state index contributed by atoms with van der Waals surface area (Å²) in [4.78, 5) is 4.82. The van der Waals surface area contributed by atoms with Crippen LogP contribution < -0.4 is 0 Å². The van der Waals surface area contributed by atoms with Gasteiger partial charge in [-0.1, -0.05) is 22.0 Å². The molecule has 0 bridgehead atoms. The highest BCUT2D eigenvalue weighted by Gasteiger charge is 2.21. The Morgan fingerprint density at radius 2 is 2.07 bits per heavy atom. The Balaban J connectivity index is 3.05. The van der Waals surface area contributed by atoms with Gasteiger partial charge in [0.1, 0.15) is 5.60 Å². The van der Waals surface area contributed by atoms with Crippen molar-refractivity contribution in [2.24, 2.45) is 0 Å². The van der Waals surface area contributed by atoms with Crippen LogP contribution in [0.3, 0.4) is 0 Å². The van der Waals surface area contributed by atoms with Gasteiger partial charge in [-0.15, -0.1) is 0 Å². The molecule has 1 rings (SSSR count). The molecule has 1 unspecified atom stereocenters. The van der Waals surface area contributed by atoms with Crippen molar-refractivity contribution in [2.45, 2.75) is 31.2 Å². The quantitative estimate of drug-likeness (QED) is 0.775. The number of aromatic nitrogens is 1. The lowest BCUT2D eigenvalue weighted by Gasteiger charge is -2.22. The molecule has 0 amide bonds.